The maximum absolute atomic E-state index is 11.2. The van der Waals surface area contributed by atoms with Gasteiger partial charge in [-0.1, -0.05) is 41.6 Å². The second kappa shape index (κ2) is 5.14. The molecule has 1 aliphatic heterocycles. The zero-order valence-corrected chi connectivity index (χ0v) is 10.5. The molecule has 0 aliphatic carbocycles. The van der Waals surface area contributed by atoms with Crippen molar-refractivity contribution in [1.82, 2.24) is 5.32 Å². The molecule has 88 valence electrons. The fourth-order valence-electron chi connectivity index (χ4n) is 1.31. The van der Waals surface area contributed by atoms with Crippen molar-refractivity contribution in [3.05, 3.63) is 35.4 Å². The van der Waals surface area contributed by atoms with E-state index in [2.05, 4.69) is 15.5 Å². The van der Waals surface area contributed by atoms with Gasteiger partial charge in [0.1, 0.15) is 0 Å². The van der Waals surface area contributed by atoms with Gasteiger partial charge in [0.05, 0.1) is 11.5 Å². The van der Waals surface area contributed by atoms with Crippen molar-refractivity contribution in [3.63, 3.8) is 0 Å². The molecular weight excluding hydrogens is 234 g/mol. The van der Waals surface area contributed by atoms with E-state index < -0.39 is 0 Å². The van der Waals surface area contributed by atoms with Gasteiger partial charge >= 0.3 is 0 Å². The number of aryl methyl sites for hydroxylation is 1. The Kier molecular flexibility index (Phi) is 3.58. The fourth-order valence-corrected chi connectivity index (χ4v) is 2.06. The van der Waals surface area contributed by atoms with Crippen LogP contribution in [0.5, 0.6) is 0 Å². The number of amidine groups is 1. The lowest BCUT2D eigenvalue weighted by Crippen LogP contribution is -2.23. The van der Waals surface area contributed by atoms with Gasteiger partial charge in [-0.3, -0.25) is 4.79 Å². The van der Waals surface area contributed by atoms with Crippen molar-refractivity contribution < 1.29 is 4.79 Å². The fraction of sp³-hybridized carbons (Fsp3) is 0.250. The van der Waals surface area contributed by atoms with Crippen LogP contribution >= 0.6 is 11.8 Å². The minimum atomic E-state index is -0.0803. The van der Waals surface area contributed by atoms with E-state index in [4.69, 9.17) is 0 Å². The van der Waals surface area contributed by atoms with Crippen LogP contribution in [0.15, 0.2) is 34.5 Å². The first kappa shape index (κ1) is 11.9. The standard InChI is InChI=1S/C12H13N3OS/c1-8-3-5-10(6-4-8)7-13-15-12-14-11(16)9(2)17-12/h3-7,9H,1-2H3,(H,14,15,16)/b13-7-. The molecule has 1 heterocycles. The summed E-state index contributed by atoms with van der Waals surface area (Å²) in [4.78, 5) is 11.2. The van der Waals surface area contributed by atoms with Gasteiger partial charge in [0.25, 0.3) is 0 Å². The number of rotatable bonds is 2. The first-order valence-electron chi connectivity index (χ1n) is 5.30. The van der Waals surface area contributed by atoms with Crippen molar-refractivity contribution in [2.24, 2.45) is 10.2 Å². The van der Waals surface area contributed by atoms with Crippen molar-refractivity contribution >= 4 is 29.1 Å². The molecule has 17 heavy (non-hydrogen) atoms. The zero-order valence-electron chi connectivity index (χ0n) is 9.68. The van der Waals surface area contributed by atoms with E-state index in [1.54, 1.807) is 6.21 Å². The van der Waals surface area contributed by atoms with Gasteiger partial charge in [0.15, 0.2) is 5.17 Å². The summed E-state index contributed by atoms with van der Waals surface area (Å²) < 4.78 is 0. The van der Waals surface area contributed by atoms with Crippen LogP contribution in [-0.4, -0.2) is 22.5 Å². The predicted octanol–water partition coefficient (Wildman–Crippen LogP) is 1.94. The van der Waals surface area contributed by atoms with Gasteiger partial charge in [-0.15, -0.1) is 5.10 Å². The third-order valence-electron chi connectivity index (χ3n) is 2.32. The monoisotopic (exact) mass is 247 g/mol. The molecule has 4 nitrogen and oxygen atoms in total. The third-order valence-corrected chi connectivity index (χ3v) is 3.30. The Morgan fingerprint density at radius 1 is 1.35 bits per heavy atom. The number of amides is 1. The number of thioether (sulfide) groups is 1. The SMILES string of the molecule is Cc1ccc(/C=N\N=C2/NC(=O)C(C)S2)cc1. The Bertz CT molecular complexity index is 479. The summed E-state index contributed by atoms with van der Waals surface area (Å²) in [6.45, 7) is 3.87. The van der Waals surface area contributed by atoms with E-state index in [1.165, 1.54) is 17.3 Å². The summed E-state index contributed by atoms with van der Waals surface area (Å²) in [6, 6.07) is 7.98. The van der Waals surface area contributed by atoms with Crippen LogP contribution < -0.4 is 5.32 Å². The Hall–Kier alpha value is -1.62. The predicted molar refractivity (Wildman–Crippen MR) is 71.4 cm³/mol. The smallest absolute Gasteiger partial charge is 0.239 e. The third kappa shape index (κ3) is 3.17. The molecule has 0 spiro atoms. The summed E-state index contributed by atoms with van der Waals surface area (Å²) in [5.74, 6) is -0.0146. The van der Waals surface area contributed by atoms with E-state index in [0.29, 0.717) is 5.17 Å². The first-order valence-corrected chi connectivity index (χ1v) is 6.18. The summed E-state index contributed by atoms with van der Waals surface area (Å²) in [7, 11) is 0. The largest absolute Gasteiger partial charge is 0.303 e. The van der Waals surface area contributed by atoms with E-state index in [1.807, 2.05) is 38.1 Å². The molecule has 1 amide bonds. The van der Waals surface area contributed by atoms with Gasteiger partial charge in [0, 0.05) is 0 Å². The highest BCUT2D eigenvalue weighted by Crippen LogP contribution is 2.18. The topological polar surface area (TPSA) is 53.8 Å². The molecular formula is C12H13N3OS. The number of benzene rings is 1. The van der Waals surface area contributed by atoms with Gasteiger partial charge < -0.3 is 5.32 Å². The second-order valence-corrected chi connectivity index (χ2v) is 5.14. The molecule has 1 atom stereocenters. The van der Waals surface area contributed by atoms with Gasteiger partial charge in [0.2, 0.25) is 5.91 Å². The average Bonchev–Trinajstić information content (AvgIpc) is 2.61. The summed E-state index contributed by atoms with van der Waals surface area (Å²) in [5, 5.41) is 11.0. The lowest BCUT2D eigenvalue weighted by molar-refractivity contribution is -0.118. The summed E-state index contributed by atoms with van der Waals surface area (Å²) >= 11 is 1.39. The Morgan fingerprint density at radius 3 is 2.65 bits per heavy atom. The van der Waals surface area contributed by atoms with Crippen LogP contribution in [0.1, 0.15) is 18.1 Å². The molecule has 0 aromatic heterocycles. The molecule has 1 fully saturated rings. The van der Waals surface area contributed by atoms with Crippen molar-refractivity contribution in [3.8, 4) is 0 Å². The first-order chi connectivity index (χ1) is 8.15. The zero-order chi connectivity index (χ0) is 12.3. The van der Waals surface area contributed by atoms with E-state index in [0.717, 1.165) is 5.56 Å². The van der Waals surface area contributed by atoms with Crippen LogP contribution in [0.25, 0.3) is 0 Å². The van der Waals surface area contributed by atoms with Crippen LogP contribution in [0.4, 0.5) is 0 Å². The average molecular weight is 247 g/mol. The lowest BCUT2D eigenvalue weighted by atomic mass is 10.2. The number of carbonyl (C=O) groups excluding carboxylic acids is 1. The molecule has 1 aromatic carbocycles. The second-order valence-electron chi connectivity index (χ2n) is 3.81. The molecule has 1 saturated heterocycles. The van der Waals surface area contributed by atoms with E-state index in [-0.39, 0.29) is 11.2 Å². The maximum atomic E-state index is 11.2. The molecule has 0 bridgehead atoms. The number of hydrogen-bond acceptors (Lipinski definition) is 4. The maximum Gasteiger partial charge on any atom is 0.239 e. The molecule has 5 heteroatoms. The number of hydrogen-bond donors (Lipinski definition) is 1. The normalized spacial score (nSPS) is 22.4. The molecule has 1 aliphatic rings. The van der Waals surface area contributed by atoms with Crippen LogP contribution in [-0.2, 0) is 4.79 Å². The Morgan fingerprint density at radius 2 is 2.06 bits per heavy atom. The highest BCUT2D eigenvalue weighted by molar-refractivity contribution is 8.15. The van der Waals surface area contributed by atoms with Crippen molar-refractivity contribution in [2.45, 2.75) is 19.1 Å². The van der Waals surface area contributed by atoms with Crippen molar-refractivity contribution in [2.75, 3.05) is 0 Å². The Labute approximate surface area is 104 Å². The van der Waals surface area contributed by atoms with Crippen LogP contribution in [0, 0.1) is 6.92 Å². The minimum Gasteiger partial charge on any atom is -0.303 e. The summed E-state index contributed by atoms with van der Waals surface area (Å²) in [6.07, 6.45) is 1.67. The molecule has 1 unspecified atom stereocenters. The highest BCUT2D eigenvalue weighted by Gasteiger charge is 2.25. The van der Waals surface area contributed by atoms with Crippen molar-refractivity contribution in [1.29, 1.82) is 0 Å². The number of nitrogens with zero attached hydrogens (tertiary/aromatic N) is 2. The van der Waals surface area contributed by atoms with Gasteiger partial charge in [-0.2, -0.15) is 5.10 Å². The van der Waals surface area contributed by atoms with Gasteiger partial charge in [-0.05, 0) is 19.4 Å². The number of carbonyl (C=O) groups is 1. The lowest BCUT2D eigenvalue weighted by Gasteiger charge is -1.93. The molecule has 0 saturated carbocycles. The highest BCUT2D eigenvalue weighted by atomic mass is 32.2. The Balaban J connectivity index is 2.00. The molecule has 1 aromatic rings. The van der Waals surface area contributed by atoms with Crippen LogP contribution in [0.2, 0.25) is 0 Å². The van der Waals surface area contributed by atoms with E-state index >= 15 is 0 Å². The molecule has 1 N–H and O–H groups in total. The number of nitrogens with one attached hydrogen (secondary N) is 1. The molecule has 2 rings (SSSR count). The minimum absolute atomic E-state index is 0.0146. The van der Waals surface area contributed by atoms with E-state index in [9.17, 15) is 4.79 Å². The van der Waals surface area contributed by atoms with Gasteiger partial charge in [-0.25, -0.2) is 0 Å². The summed E-state index contributed by atoms with van der Waals surface area (Å²) in [5.41, 5.74) is 2.20. The quantitative estimate of drug-likeness (QED) is 0.641. The van der Waals surface area contributed by atoms with Crippen LogP contribution in [0.3, 0.4) is 0 Å². The molecule has 0 radical (unpaired) electrons.